The van der Waals surface area contributed by atoms with Crippen LogP contribution in [-0.4, -0.2) is 22.4 Å². The van der Waals surface area contributed by atoms with Crippen molar-refractivity contribution in [2.45, 2.75) is 64.0 Å². The van der Waals surface area contributed by atoms with Gasteiger partial charge in [-0.3, -0.25) is 0 Å². The van der Waals surface area contributed by atoms with Crippen molar-refractivity contribution in [3.05, 3.63) is 0 Å². The van der Waals surface area contributed by atoms with Gasteiger partial charge in [-0.25, -0.2) is 0 Å². The Kier molecular flexibility index (Phi) is 2.52. The quantitative estimate of drug-likeness (QED) is 0.663. The highest BCUT2D eigenvalue weighted by Crippen LogP contribution is 2.49. The zero-order chi connectivity index (χ0) is 10.4. The standard InChI is InChI=1S/C13H23NO/c1-9-6-7-13-11(8-9)10-4-2-3-5-12(10)14(13)15/h9-13,15H,2-8H2,1H3. The van der Waals surface area contributed by atoms with E-state index in [4.69, 9.17) is 0 Å². The summed E-state index contributed by atoms with van der Waals surface area (Å²) in [6, 6.07) is 1.02. The van der Waals surface area contributed by atoms with E-state index in [2.05, 4.69) is 6.92 Å². The number of hydroxylamine groups is 2. The van der Waals surface area contributed by atoms with E-state index < -0.39 is 0 Å². The lowest BCUT2D eigenvalue weighted by Gasteiger charge is -2.33. The zero-order valence-corrected chi connectivity index (χ0v) is 9.73. The SMILES string of the molecule is CC1CCC2C(C1)C1CCCCC1N2O. The van der Waals surface area contributed by atoms with Crippen LogP contribution in [0.25, 0.3) is 0 Å². The maximum absolute atomic E-state index is 10.2. The fourth-order valence-electron chi connectivity index (χ4n) is 4.41. The van der Waals surface area contributed by atoms with E-state index >= 15 is 0 Å². The summed E-state index contributed by atoms with van der Waals surface area (Å²) >= 11 is 0. The molecule has 1 N–H and O–H groups in total. The Hall–Kier alpha value is -0.0800. The van der Waals surface area contributed by atoms with Crippen molar-refractivity contribution in [3.63, 3.8) is 0 Å². The molecule has 0 radical (unpaired) electrons. The number of fused-ring (bicyclic) bond motifs is 3. The Morgan fingerprint density at radius 1 is 0.933 bits per heavy atom. The molecule has 1 heterocycles. The minimum atomic E-state index is 0.509. The minimum Gasteiger partial charge on any atom is -0.313 e. The van der Waals surface area contributed by atoms with Crippen LogP contribution in [-0.2, 0) is 0 Å². The Morgan fingerprint density at radius 3 is 2.53 bits per heavy atom. The molecule has 1 saturated heterocycles. The smallest absolute Gasteiger partial charge is 0.0385 e. The van der Waals surface area contributed by atoms with E-state index in [0.717, 1.165) is 17.8 Å². The zero-order valence-electron chi connectivity index (χ0n) is 9.73. The third kappa shape index (κ3) is 1.53. The summed E-state index contributed by atoms with van der Waals surface area (Å²) in [5.74, 6) is 2.51. The molecule has 5 unspecified atom stereocenters. The van der Waals surface area contributed by atoms with E-state index in [9.17, 15) is 5.21 Å². The average Bonchev–Trinajstić information content (AvgIpc) is 2.54. The summed E-state index contributed by atoms with van der Waals surface area (Å²) in [4.78, 5) is 0. The van der Waals surface area contributed by atoms with Gasteiger partial charge in [0.1, 0.15) is 0 Å². The highest BCUT2D eigenvalue weighted by Gasteiger charge is 2.50. The van der Waals surface area contributed by atoms with E-state index in [-0.39, 0.29) is 0 Å². The molecule has 0 bridgehead atoms. The van der Waals surface area contributed by atoms with Gasteiger partial charge in [-0.15, -0.1) is 0 Å². The molecule has 3 fully saturated rings. The average molecular weight is 209 g/mol. The lowest BCUT2D eigenvalue weighted by atomic mass is 9.71. The molecule has 0 aromatic heterocycles. The van der Waals surface area contributed by atoms with Crippen molar-refractivity contribution in [2.75, 3.05) is 0 Å². The van der Waals surface area contributed by atoms with Crippen LogP contribution in [0.1, 0.15) is 51.9 Å². The number of hydrogen-bond acceptors (Lipinski definition) is 2. The van der Waals surface area contributed by atoms with Gasteiger partial charge in [0, 0.05) is 12.1 Å². The molecule has 2 heteroatoms. The van der Waals surface area contributed by atoms with Crippen molar-refractivity contribution in [1.82, 2.24) is 5.06 Å². The monoisotopic (exact) mass is 209 g/mol. The van der Waals surface area contributed by atoms with Crippen LogP contribution in [0.15, 0.2) is 0 Å². The van der Waals surface area contributed by atoms with Gasteiger partial charge in [-0.1, -0.05) is 19.8 Å². The van der Waals surface area contributed by atoms with Crippen molar-refractivity contribution >= 4 is 0 Å². The van der Waals surface area contributed by atoms with E-state index in [1.807, 2.05) is 0 Å². The molecule has 3 rings (SSSR count). The van der Waals surface area contributed by atoms with Gasteiger partial charge < -0.3 is 5.21 Å². The molecule has 0 aromatic carbocycles. The number of rotatable bonds is 0. The molecule has 86 valence electrons. The van der Waals surface area contributed by atoms with Gasteiger partial charge in [0.2, 0.25) is 0 Å². The lowest BCUT2D eigenvalue weighted by Crippen LogP contribution is -2.37. The molecular weight excluding hydrogens is 186 g/mol. The van der Waals surface area contributed by atoms with Gasteiger partial charge in [0.15, 0.2) is 0 Å². The Morgan fingerprint density at radius 2 is 1.67 bits per heavy atom. The number of nitrogens with zero attached hydrogens (tertiary/aromatic N) is 1. The fourth-order valence-corrected chi connectivity index (χ4v) is 4.41. The van der Waals surface area contributed by atoms with E-state index in [1.54, 1.807) is 5.06 Å². The molecule has 2 nitrogen and oxygen atoms in total. The molecule has 3 aliphatic rings. The minimum absolute atomic E-state index is 0.509. The molecule has 0 aromatic rings. The first-order valence-corrected chi connectivity index (χ1v) is 6.74. The van der Waals surface area contributed by atoms with E-state index in [1.165, 1.54) is 44.9 Å². The van der Waals surface area contributed by atoms with Crippen LogP contribution in [0, 0.1) is 17.8 Å². The molecular formula is C13H23NO. The summed E-state index contributed by atoms with van der Waals surface area (Å²) in [6.07, 6.45) is 9.24. The molecule has 0 spiro atoms. The predicted octanol–water partition coefficient (Wildman–Crippen LogP) is 3.05. The summed E-state index contributed by atoms with van der Waals surface area (Å²) < 4.78 is 0. The highest BCUT2D eigenvalue weighted by molar-refractivity contribution is 5.00. The first-order valence-electron chi connectivity index (χ1n) is 6.74. The fraction of sp³-hybridized carbons (Fsp3) is 1.00. The Bertz CT molecular complexity index is 243. The van der Waals surface area contributed by atoms with E-state index in [0.29, 0.717) is 12.1 Å². The first-order chi connectivity index (χ1) is 7.27. The van der Waals surface area contributed by atoms with Crippen LogP contribution in [0.2, 0.25) is 0 Å². The Labute approximate surface area is 92.6 Å². The van der Waals surface area contributed by atoms with Gasteiger partial charge in [0.25, 0.3) is 0 Å². The summed E-state index contributed by atoms with van der Waals surface area (Å²) in [5, 5.41) is 12.0. The molecule has 0 amide bonds. The summed E-state index contributed by atoms with van der Waals surface area (Å²) in [7, 11) is 0. The van der Waals surface area contributed by atoms with Gasteiger partial charge in [-0.05, 0) is 49.9 Å². The lowest BCUT2D eigenvalue weighted by molar-refractivity contribution is -0.149. The summed E-state index contributed by atoms with van der Waals surface area (Å²) in [5.41, 5.74) is 0. The molecule has 15 heavy (non-hydrogen) atoms. The largest absolute Gasteiger partial charge is 0.313 e. The third-order valence-corrected chi connectivity index (χ3v) is 5.14. The topological polar surface area (TPSA) is 23.5 Å². The highest BCUT2D eigenvalue weighted by atomic mass is 16.5. The second-order valence-corrected chi connectivity index (χ2v) is 6.05. The second-order valence-electron chi connectivity index (χ2n) is 6.05. The molecule has 1 aliphatic heterocycles. The first kappa shape index (κ1) is 10.1. The van der Waals surface area contributed by atoms with Gasteiger partial charge in [0.05, 0.1) is 0 Å². The van der Waals surface area contributed by atoms with Crippen molar-refractivity contribution in [1.29, 1.82) is 0 Å². The maximum atomic E-state index is 10.2. The van der Waals surface area contributed by atoms with Crippen molar-refractivity contribution in [3.8, 4) is 0 Å². The van der Waals surface area contributed by atoms with Crippen LogP contribution >= 0.6 is 0 Å². The van der Waals surface area contributed by atoms with Crippen LogP contribution in [0.3, 0.4) is 0 Å². The second kappa shape index (κ2) is 3.74. The molecule has 2 aliphatic carbocycles. The Balaban J connectivity index is 1.81. The third-order valence-electron chi connectivity index (χ3n) is 5.14. The maximum Gasteiger partial charge on any atom is 0.0385 e. The van der Waals surface area contributed by atoms with Crippen LogP contribution in [0.5, 0.6) is 0 Å². The van der Waals surface area contributed by atoms with Crippen molar-refractivity contribution < 1.29 is 5.21 Å². The predicted molar refractivity (Wildman–Crippen MR) is 59.7 cm³/mol. The van der Waals surface area contributed by atoms with Crippen LogP contribution in [0.4, 0.5) is 0 Å². The number of hydrogen-bond donors (Lipinski definition) is 1. The van der Waals surface area contributed by atoms with Gasteiger partial charge in [-0.2, -0.15) is 5.06 Å². The van der Waals surface area contributed by atoms with Crippen LogP contribution < -0.4 is 0 Å². The van der Waals surface area contributed by atoms with Crippen molar-refractivity contribution in [2.24, 2.45) is 17.8 Å². The molecule has 2 saturated carbocycles. The molecule has 5 atom stereocenters. The normalized spacial score (nSPS) is 51.2. The van der Waals surface area contributed by atoms with Gasteiger partial charge >= 0.3 is 0 Å². The summed E-state index contributed by atoms with van der Waals surface area (Å²) in [6.45, 7) is 2.38.